The molecule has 0 saturated heterocycles. The van der Waals surface area contributed by atoms with Crippen LogP contribution in [0.3, 0.4) is 0 Å². The van der Waals surface area contributed by atoms with Gasteiger partial charge in [0.1, 0.15) is 11.8 Å². The number of fused-ring (bicyclic) bond motifs is 3. The summed E-state index contributed by atoms with van der Waals surface area (Å²) in [5.41, 5.74) is 7.67. The largest absolute Gasteiger partial charge is 0.298 e. The Morgan fingerprint density at radius 1 is 0.800 bits per heavy atom. The predicted molar refractivity (Wildman–Crippen MR) is 125 cm³/mol. The maximum atomic E-state index is 4.61. The fraction of sp³-hybridized carbons (Fsp3) is 0.0741. The lowest BCUT2D eigenvalue weighted by Gasteiger charge is -2.08. The molecule has 3 heteroatoms. The molecule has 5 aromatic rings. The van der Waals surface area contributed by atoms with Crippen molar-refractivity contribution < 1.29 is 0 Å². The maximum Gasteiger partial charge on any atom is 0.108 e. The second-order valence-corrected chi connectivity index (χ2v) is 7.40. The van der Waals surface area contributed by atoms with Crippen molar-refractivity contribution in [3.05, 3.63) is 109 Å². The molecule has 30 heavy (non-hydrogen) atoms. The van der Waals surface area contributed by atoms with Gasteiger partial charge >= 0.3 is 0 Å². The molecule has 0 N–H and O–H groups in total. The highest BCUT2D eigenvalue weighted by molar-refractivity contribution is 6.03. The number of benzene rings is 3. The lowest BCUT2D eigenvalue weighted by Crippen LogP contribution is -1.94. The Hall–Kier alpha value is -3.72. The van der Waals surface area contributed by atoms with Crippen LogP contribution in [0, 0.1) is 6.92 Å². The molecule has 3 aromatic carbocycles. The molecule has 0 aliphatic rings. The summed E-state index contributed by atoms with van der Waals surface area (Å²) in [6.45, 7) is 3.94. The molecule has 0 atom stereocenters. The van der Waals surface area contributed by atoms with E-state index in [1.165, 1.54) is 11.1 Å². The van der Waals surface area contributed by atoms with Crippen LogP contribution in [-0.4, -0.2) is 14.5 Å². The van der Waals surface area contributed by atoms with Crippen molar-refractivity contribution in [2.75, 3.05) is 0 Å². The minimum atomic E-state index is 0.897. The summed E-state index contributed by atoms with van der Waals surface area (Å²) in [5.74, 6) is 0. The summed E-state index contributed by atoms with van der Waals surface area (Å²) in [6, 6.07) is 25.4. The number of nitrogens with zero attached hydrogens (tertiary/aromatic N) is 3. The Morgan fingerprint density at radius 2 is 1.60 bits per heavy atom. The van der Waals surface area contributed by atoms with Crippen LogP contribution in [-0.2, 0) is 6.42 Å². The number of aromatic nitrogens is 3. The summed E-state index contributed by atoms with van der Waals surface area (Å²) in [6.07, 6.45) is 9.91. The fourth-order valence-corrected chi connectivity index (χ4v) is 3.79. The lowest BCUT2D eigenvalue weighted by atomic mass is 10.1. The first-order valence-electron chi connectivity index (χ1n) is 10.2. The molecule has 0 unspecified atom stereocenters. The van der Waals surface area contributed by atoms with Crippen molar-refractivity contribution >= 4 is 34.1 Å². The normalized spacial score (nSPS) is 11.6. The first-order chi connectivity index (χ1) is 14.8. The Bertz CT molecular complexity index is 1330. The summed E-state index contributed by atoms with van der Waals surface area (Å²) in [7, 11) is 0. The number of aryl methyl sites for hydroxylation is 1. The maximum absolute atomic E-state index is 4.61. The van der Waals surface area contributed by atoms with E-state index in [0.29, 0.717) is 0 Å². The molecule has 0 aliphatic heterocycles. The molecular weight excluding hydrogens is 366 g/mol. The van der Waals surface area contributed by atoms with E-state index in [2.05, 4.69) is 88.2 Å². The zero-order valence-corrected chi connectivity index (χ0v) is 16.7. The van der Waals surface area contributed by atoms with Crippen LogP contribution in [0.1, 0.15) is 23.1 Å². The van der Waals surface area contributed by atoms with Crippen LogP contribution < -0.4 is 0 Å². The van der Waals surface area contributed by atoms with Gasteiger partial charge in [0.05, 0.1) is 17.2 Å². The van der Waals surface area contributed by atoms with Gasteiger partial charge in [-0.1, -0.05) is 67.6 Å². The number of hydrogen-bond donors (Lipinski definition) is 0. The van der Waals surface area contributed by atoms with Crippen molar-refractivity contribution in [1.82, 2.24) is 14.5 Å². The lowest BCUT2D eigenvalue weighted by molar-refractivity contribution is 0.994. The van der Waals surface area contributed by atoms with Crippen LogP contribution in [0.5, 0.6) is 0 Å². The standard InChI is InChI=1S/C27H22N3/c1-2-6-20-11-14-23(15-12-20)30-19-29-26-18-28-25-16-13-22(17-24(25)27(26)30)10-9-21-7-4-3-5-8-21/h3-5,7-19H,1-2,6H2/b10-9+. The predicted octanol–water partition coefficient (Wildman–Crippen LogP) is 6.51. The molecule has 3 nitrogen and oxygen atoms in total. The third-order valence-electron chi connectivity index (χ3n) is 5.35. The molecule has 145 valence electrons. The molecule has 0 spiro atoms. The van der Waals surface area contributed by atoms with E-state index in [1.54, 1.807) is 0 Å². The second kappa shape index (κ2) is 7.96. The Labute approximate surface area is 176 Å². The molecule has 5 rings (SSSR count). The van der Waals surface area contributed by atoms with Gasteiger partial charge in [-0.2, -0.15) is 0 Å². The summed E-state index contributed by atoms with van der Waals surface area (Å²) in [5, 5.41) is 1.10. The minimum absolute atomic E-state index is 0.897. The highest BCUT2D eigenvalue weighted by atomic mass is 15.1. The average Bonchev–Trinajstić information content (AvgIpc) is 3.24. The second-order valence-electron chi connectivity index (χ2n) is 7.40. The van der Waals surface area contributed by atoms with Crippen LogP contribution in [0.15, 0.2) is 85.3 Å². The van der Waals surface area contributed by atoms with Crippen molar-refractivity contribution in [1.29, 1.82) is 0 Å². The van der Waals surface area contributed by atoms with Crippen molar-refractivity contribution in [3.63, 3.8) is 0 Å². The monoisotopic (exact) mass is 388 g/mol. The van der Waals surface area contributed by atoms with Gasteiger partial charge < -0.3 is 0 Å². The van der Waals surface area contributed by atoms with Crippen LogP contribution in [0.25, 0.3) is 39.8 Å². The molecule has 0 fully saturated rings. The van der Waals surface area contributed by atoms with Crippen molar-refractivity contribution in [2.45, 2.75) is 12.8 Å². The molecule has 0 bridgehead atoms. The molecule has 1 radical (unpaired) electrons. The van der Waals surface area contributed by atoms with Gasteiger partial charge in [-0.3, -0.25) is 9.55 Å². The molecule has 2 aromatic heterocycles. The number of hydrogen-bond acceptors (Lipinski definition) is 2. The third kappa shape index (κ3) is 3.50. The SMILES string of the molecule is [CH2]CCc1ccc(-n2cnc3cnc4ccc(/C=C/c5ccccc5)cc4c32)cc1. The minimum Gasteiger partial charge on any atom is -0.298 e. The third-order valence-corrected chi connectivity index (χ3v) is 5.35. The van der Waals surface area contributed by atoms with Gasteiger partial charge in [-0.15, -0.1) is 0 Å². The van der Waals surface area contributed by atoms with Crippen LogP contribution in [0.2, 0.25) is 0 Å². The Kier molecular flexibility index (Phi) is 4.86. The molecule has 0 saturated carbocycles. The molecular formula is C27H22N3. The van der Waals surface area contributed by atoms with E-state index in [4.69, 9.17) is 0 Å². The topological polar surface area (TPSA) is 30.7 Å². The van der Waals surface area contributed by atoms with E-state index >= 15 is 0 Å². The van der Waals surface area contributed by atoms with Gasteiger partial charge in [0, 0.05) is 11.1 Å². The molecule has 2 heterocycles. The zero-order valence-electron chi connectivity index (χ0n) is 16.7. The van der Waals surface area contributed by atoms with Crippen molar-refractivity contribution in [3.8, 4) is 5.69 Å². The van der Waals surface area contributed by atoms with E-state index < -0.39 is 0 Å². The first kappa shape index (κ1) is 18.3. The van der Waals surface area contributed by atoms with Gasteiger partial charge in [-0.25, -0.2) is 4.98 Å². The van der Waals surface area contributed by atoms with Crippen LogP contribution in [0.4, 0.5) is 0 Å². The number of pyridine rings is 1. The van der Waals surface area contributed by atoms with Gasteiger partial charge in [0.25, 0.3) is 0 Å². The molecule has 0 amide bonds. The van der Waals surface area contributed by atoms with E-state index in [1.807, 2.05) is 30.7 Å². The van der Waals surface area contributed by atoms with Gasteiger partial charge in [-0.05, 0) is 53.8 Å². The van der Waals surface area contributed by atoms with E-state index in [0.717, 1.165) is 46.0 Å². The number of imidazole rings is 1. The van der Waals surface area contributed by atoms with Crippen molar-refractivity contribution in [2.24, 2.45) is 0 Å². The first-order valence-corrected chi connectivity index (χ1v) is 10.2. The highest BCUT2D eigenvalue weighted by Crippen LogP contribution is 2.27. The van der Waals surface area contributed by atoms with E-state index in [-0.39, 0.29) is 0 Å². The summed E-state index contributed by atoms with van der Waals surface area (Å²) >= 11 is 0. The van der Waals surface area contributed by atoms with Crippen LogP contribution >= 0.6 is 0 Å². The smallest absolute Gasteiger partial charge is 0.108 e. The van der Waals surface area contributed by atoms with E-state index in [9.17, 15) is 0 Å². The number of rotatable bonds is 5. The highest BCUT2D eigenvalue weighted by Gasteiger charge is 2.10. The van der Waals surface area contributed by atoms with Gasteiger partial charge in [0.2, 0.25) is 0 Å². The van der Waals surface area contributed by atoms with Gasteiger partial charge in [0.15, 0.2) is 0 Å². The average molecular weight is 388 g/mol. The Morgan fingerprint density at radius 3 is 2.40 bits per heavy atom. The molecule has 0 aliphatic carbocycles. The quantitative estimate of drug-likeness (QED) is 0.321. The fourth-order valence-electron chi connectivity index (χ4n) is 3.79. The summed E-state index contributed by atoms with van der Waals surface area (Å²) in [4.78, 5) is 9.21. The zero-order chi connectivity index (χ0) is 20.3. The Balaban J connectivity index is 1.61. The summed E-state index contributed by atoms with van der Waals surface area (Å²) < 4.78 is 2.15.